The first-order valence-corrected chi connectivity index (χ1v) is 2.80. The smallest absolute Gasteiger partial charge is 0.125 e. The first-order valence-electron chi connectivity index (χ1n) is 2.80. The van der Waals surface area contributed by atoms with Crippen LogP contribution in [0, 0.1) is 0 Å². The summed E-state index contributed by atoms with van der Waals surface area (Å²) < 4.78 is 0. The van der Waals surface area contributed by atoms with E-state index < -0.39 is 0 Å². The molecule has 9 heavy (non-hydrogen) atoms. The first-order chi connectivity index (χ1) is 4.41. The average Bonchev–Trinajstić information content (AvgIpc) is 1.89. The maximum Gasteiger partial charge on any atom is 0.125 e. The van der Waals surface area contributed by atoms with Gasteiger partial charge in [-0.15, -0.1) is 0 Å². The van der Waals surface area contributed by atoms with Crippen LogP contribution in [-0.4, -0.2) is 11.5 Å². The number of carbonyl (C=O) groups excluding carboxylic acids is 1. The molecule has 0 spiro atoms. The van der Waals surface area contributed by atoms with Crippen LogP contribution in [0.2, 0.25) is 0 Å². The predicted octanol–water partition coefficient (Wildman–Crippen LogP) is 1.36. The standard InChI is InChI=1S/C6H10O3/c7-5-3-1-2-4-6-9-8/h4-6,8H,1-3H2/b6-4+. The predicted molar refractivity (Wildman–Crippen MR) is 32.8 cm³/mol. The van der Waals surface area contributed by atoms with Gasteiger partial charge in [-0.1, -0.05) is 0 Å². The van der Waals surface area contributed by atoms with Crippen molar-refractivity contribution in [3.8, 4) is 0 Å². The van der Waals surface area contributed by atoms with Gasteiger partial charge in [0.15, 0.2) is 0 Å². The molecule has 52 valence electrons. The van der Waals surface area contributed by atoms with Crippen LogP contribution in [0.1, 0.15) is 19.3 Å². The number of rotatable bonds is 5. The number of unbranched alkanes of at least 4 members (excludes halogenated alkanes) is 2. The summed E-state index contributed by atoms with van der Waals surface area (Å²) in [5.41, 5.74) is 0. The molecule has 0 aromatic carbocycles. The van der Waals surface area contributed by atoms with Crippen molar-refractivity contribution in [1.29, 1.82) is 0 Å². The summed E-state index contributed by atoms with van der Waals surface area (Å²) in [4.78, 5) is 13.4. The molecule has 3 nitrogen and oxygen atoms in total. The maximum atomic E-state index is 9.73. The normalized spacial score (nSPS) is 9.89. The van der Waals surface area contributed by atoms with E-state index in [1.165, 1.54) is 6.26 Å². The molecule has 0 fully saturated rings. The zero-order valence-electron chi connectivity index (χ0n) is 5.12. The lowest BCUT2D eigenvalue weighted by Gasteiger charge is -1.85. The van der Waals surface area contributed by atoms with Crippen LogP contribution in [-0.2, 0) is 9.68 Å². The van der Waals surface area contributed by atoms with Gasteiger partial charge >= 0.3 is 0 Å². The van der Waals surface area contributed by atoms with Crippen LogP contribution in [0.25, 0.3) is 0 Å². The van der Waals surface area contributed by atoms with E-state index in [4.69, 9.17) is 5.26 Å². The van der Waals surface area contributed by atoms with Crippen LogP contribution >= 0.6 is 0 Å². The topological polar surface area (TPSA) is 46.5 Å². The maximum absolute atomic E-state index is 9.73. The summed E-state index contributed by atoms with van der Waals surface area (Å²) in [6.45, 7) is 0. The molecular formula is C6H10O3. The Kier molecular flexibility index (Phi) is 6.51. The summed E-state index contributed by atoms with van der Waals surface area (Å²) in [5.74, 6) is 0. The second kappa shape index (κ2) is 7.17. The Balaban J connectivity index is 2.90. The molecule has 0 saturated carbocycles. The van der Waals surface area contributed by atoms with Crippen LogP contribution < -0.4 is 0 Å². The first kappa shape index (κ1) is 8.17. The monoisotopic (exact) mass is 130 g/mol. The second-order valence-corrected chi connectivity index (χ2v) is 1.57. The van der Waals surface area contributed by atoms with E-state index in [1.807, 2.05) is 0 Å². The zero-order chi connectivity index (χ0) is 6.95. The van der Waals surface area contributed by atoms with Gasteiger partial charge < -0.3 is 9.68 Å². The quantitative estimate of drug-likeness (QED) is 0.201. The molecule has 0 amide bonds. The largest absolute Gasteiger partial charge is 0.349 e. The third kappa shape index (κ3) is 7.17. The highest BCUT2D eigenvalue weighted by atomic mass is 17.1. The molecule has 0 heterocycles. The Morgan fingerprint density at radius 3 is 2.78 bits per heavy atom. The molecular weight excluding hydrogens is 120 g/mol. The van der Waals surface area contributed by atoms with E-state index in [9.17, 15) is 4.79 Å². The molecule has 0 aliphatic rings. The van der Waals surface area contributed by atoms with E-state index in [0.717, 1.165) is 19.1 Å². The van der Waals surface area contributed by atoms with Crippen molar-refractivity contribution in [2.75, 3.05) is 0 Å². The van der Waals surface area contributed by atoms with Gasteiger partial charge in [-0.2, -0.15) is 0 Å². The Labute approximate surface area is 53.9 Å². The minimum absolute atomic E-state index is 0.565. The highest BCUT2D eigenvalue weighted by Gasteiger charge is 1.80. The average molecular weight is 130 g/mol. The van der Waals surface area contributed by atoms with E-state index in [2.05, 4.69) is 4.89 Å². The van der Waals surface area contributed by atoms with Crippen molar-refractivity contribution >= 4 is 6.29 Å². The molecule has 0 aromatic rings. The van der Waals surface area contributed by atoms with Crippen LogP contribution in [0.4, 0.5) is 0 Å². The molecule has 0 bridgehead atoms. The van der Waals surface area contributed by atoms with E-state index in [-0.39, 0.29) is 0 Å². The highest BCUT2D eigenvalue weighted by Crippen LogP contribution is 1.92. The number of aldehydes is 1. The molecule has 0 aliphatic carbocycles. The molecule has 1 N–H and O–H groups in total. The molecule has 0 aromatic heterocycles. The van der Waals surface area contributed by atoms with Crippen molar-refractivity contribution in [3.63, 3.8) is 0 Å². The van der Waals surface area contributed by atoms with Gasteiger partial charge in [0.1, 0.15) is 12.5 Å². The molecule has 0 aliphatic heterocycles. The van der Waals surface area contributed by atoms with Gasteiger partial charge in [-0.25, -0.2) is 5.26 Å². The van der Waals surface area contributed by atoms with Crippen molar-refractivity contribution in [2.45, 2.75) is 19.3 Å². The van der Waals surface area contributed by atoms with Gasteiger partial charge in [-0.3, -0.25) is 0 Å². The Morgan fingerprint density at radius 1 is 1.44 bits per heavy atom. The molecule has 3 heteroatoms. The number of hydrogen-bond acceptors (Lipinski definition) is 3. The molecule has 0 rings (SSSR count). The van der Waals surface area contributed by atoms with E-state index >= 15 is 0 Å². The van der Waals surface area contributed by atoms with Crippen molar-refractivity contribution in [1.82, 2.24) is 0 Å². The zero-order valence-corrected chi connectivity index (χ0v) is 5.12. The van der Waals surface area contributed by atoms with Crippen LogP contribution in [0.5, 0.6) is 0 Å². The Morgan fingerprint density at radius 2 is 2.22 bits per heavy atom. The van der Waals surface area contributed by atoms with E-state index in [1.54, 1.807) is 6.08 Å². The van der Waals surface area contributed by atoms with Crippen LogP contribution in [0.3, 0.4) is 0 Å². The van der Waals surface area contributed by atoms with Gasteiger partial charge in [0.2, 0.25) is 0 Å². The van der Waals surface area contributed by atoms with Gasteiger partial charge in [0.05, 0.1) is 0 Å². The van der Waals surface area contributed by atoms with Crippen LogP contribution in [0.15, 0.2) is 12.3 Å². The van der Waals surface area contributed by atoms with E-state index in [0.29, 0.717) is 6.42 Å². The van der Waals surface area contributed by atoms with Gasteiger partial charge in [0.25, 0.3) is 0 Å². The fourth-order valence-electron chi connectivity index (χ4n) is 0.430. The van der Waals surface area contributed by atoms with Gasteiger partial charge in [-0.05, 0) is 18.9 Å². The summed E-state index contributed by atoms with van der Waals surface area (Å²) in [6.07, 6.45) is 5.85. The Hall–Kier alpha value is -0.830. The lowest BCUT2D eigenvalue weighted by atomic mass is 10.2. The highest BCUT2D eigenvalue weighted by molar-refractivity contribution is 5.48. The number of carbonyl (C=O) groups is 1. The second-order valence-electron chi connectivity index (χ2n) is 1.57. The summed E-state index contributed by atoms with van der Waals surface area (Å²) in [7, 11) is 0. The molecule has 0 radical (unpaired) electrons. The lowest BCUT2D eigenvalue weighted by Crippen LogP contribution is -1.74. The fraction of sp³-hybridized carbons (Fsp3) is 0.500. The summed E-state index contributed by atoms with van der Waals surface area (Å²) in [6, 6.07) is 0. The number of allylic oxidation sites excluding steroid dienone is 1. The van der Waals surface area contributed by atoms with Crippen molar-refractivity contribution in [2.24, 2.45) is 0 Å². The third-order valence-electron chi connectivity index (χ3n) is 0.850. The molecule has 0 saturated heterocycles. The fourth-order valence-corrected chi connectivity index (χ4v) is 0.430. The third-order valence-corrected chi connectivity index (χ3v) is 0.850. The van der Waals surface area contributed by atoms with Crippen molar-refractivity contribution in [3.05, 3.63) is 12.3 Å². The van der Waals surface area contributed by atoms with Crippen molar-refractivity contribution < 1.29 is 14.9 Å². The SMILES string of the molecule is O=CCCC/C=C/OO. The number of hydrogen-bond donors (Lipinski definition) is 1. The van der Waals surface area contributed by atoms with Gasteiger partial charge in [0, 0.05) is 6.42 Å². The lowest BCUT2D eigenvalue weighted by molar-refractivity contribution is -0.186. The minimum Gasteiger partial charge on any atom is -0.349 e. The summed E-state index contributed by atoms with van der Waals surface area (Å²) in [5, 5.41) is 7.77. The summed E-state index contributed by atoms with van der Waals surface area (Å²) >= 11 is 0. The molecule has 0 atom stereocenters. The minimum atomic E-state index is 0.565. The molecule has 0 unspecified atom stereocenters. The Bertz CT molecular complexity index is 88.3.